The molecule has 116 valence electrons. The number of hydrogen-bond acceptors (Lipinski definition) is 3. The normalized spacial score (nSPS) is 16.0. The lowest BCUT2D eigenvalue weighted by Gasteiger charge is -2.18. The molecule has 2 aromatic rings. The van der Waals surface area contributed by atoms with Gasteiger partial charge in [0.15, 0.2) is 0 Å². The van der Waals surface area contributed by atoms with Crippen LogP contribution in [0.4, 0.5) is 4.39 Å². The van der Waals surface area contributed by atoms with Crippen molar-refractivity contribution in [2.24, 2.45) is 10.2 Å². The van der Waals surface area contributed by atoms with Crippen LogP contribution in [0.2, 0.25) is 0 Å². The number of rotatable bonds is 4. The van der Waals surface area contributed by atoms with Crippen molar-refractivity contribution in [3.05, 3.63) is 71.0 Å². The van der Waals surface area contributed by atoms with Gasteiger partial charge in [0.25, 0.3) is 5.91 Å². The number of nitrogens with zero attached hydrogens (tertiary/aromatic N) is 2. The molecule has 1 heterocycles. The maximum absolute atomic E-state index is 12.8. The fraction of sp³-hybridized carbons (Fsp3) is 0.176. The fourth-order valence-electron chi connectivity index (χ4n) is 2.43. The van der Waals surface area contributed by atoms with E-state index in [0.717, 1.165) is 11.1 Å². The Labute approximate surface area is 132 Å². The molecular weight excluding hydrogens is 297 g/mol. The minimum atomic E-state index is -0.374. The molecule has 1 aliphatic rings. The standard InChI is InChI=1S/C17H14FN3O2/c18-12-7-5-11(6-8-12)9-16(22)19-10-15-13-3-1-2-4-14(13)17(23)21-20-15/h1-8,15H,9-10H2,(H,19,22). The summed E-state index contributed by atoms with van der Waals surface area (Å²) in [5, 5.41) is 10.3. The third-order valence-corrected chi connectivity index (χ3v) is 3.61. The van der Waals surface area contributed by atoms with Gasteiger partial charge in [-0.15, -0.1) is 5.11 Å². The minimum absolute atomic E-state index is 0.157. The van der Waals surface area contributed by atoms with E-state index in [4.69, 9.17) is 0 Å². The van der Waals surface area contributed by atoms with E-state index in [0.29, 0.717) is 5.56 Å². The summed E-state index contributed by atoms with van der Waals surface area (Å²) in [6.45, 7) is 0.258. The van der Waals surface area contributed by atoms with Gasteiger partial charge in [-0.1, -0.05) is 30.3 Å². The summed E-state index contributed by atoms with van der Waals surface area (Å²) in [5.41, 5.74) is 2.00. The average molecular weight is 311 g/mol. The Bertz CT molecular complexity index is 772. The van der Waals surface area contributed by atoms with E-state index >= 15 is 0 Å². The Hall–Kier alpha value is -2.89. The third kappa shape index (κ3) is 3.48. The van der Waals surface area contributed by atoms with Crippen LogP contribution in [0.25, 0.3) is 0 Å². The SMILES string of the molecule is O=C(Cc1ccc(F)cc1)NCC1N=NC(=O)c2ccccc21. The number of benzene rings is 2. The zero-order valence-electron chi connectivity index (χ0n) is 12.2. The van der Waals surface area contributed by atoms with Gasteiger partial charge in [0.05, 0.1) is 6.42 Å². The van der Waals surface area contributed by atoms with E-state index in [-0.39, 0.29) is 36.6 Å². The molecule has 1 aliphatic heterocycles. The highest BCUT2D eigenvalue weighted by Crippen LogP contribution is 2.26. The molecule has 3 rings (SSSR count). The summed E-state index contributed by atoms with van der Waals surface area (Å²) in [6.07, 6.45) is 0.157. The Kier molecular flexibility index (Phi) is 4.23. The van der Waals surface area contributed by atoms with E-state index < -0.39 is 0 Å². The monoisotopic (exact) mass is 311 g/mol. The highest BCUT2D eigenvalue weighted by molar-refractivity contribution is 5.97. The van der Waals surface area contributed by atoms with Crippen LogP contribution in [-0.4, -0.2) is 18.4 Å². The number of carbonyl (C=O) groups is 2. The van der Waals surface area contributed by atoms with Crippen LogP contribution in [0.15, 0.2) is 58.8 Å². The van der Waals surface area contributed by atoms with Crippen molar-refractivity contribution in [3.8, 4) is 0 Å². The lowest BCUT2D eigenvalue weighted by molar-refractivity contribution is -0.120. The number of halogens is 1. The quantitative estimate of drug-likeness (QED) is 0.943. The number of azo groups is 1. The molecule has 2 aromatic carbocycles. The molecular formula is C17H14FN3O2. The molecule has 0 fully saturated rings. The second-order valence-corrected chi connectivity index (χ2v) is 5.23. The zero-order valence-corrected chi connectivity index (χ0v) is 12.2. The van der Waals surface area contributed by atoms with Crippen LogP contribution in [-0.2, 0) is 11.2 Å². The smallest absolute Gasteiger partial charge is 0.295 e. The predicted octanol–water partition coefficient (Wildman–Crippen LogP) is 2.83. The summed E-state index contributed by atoms with van der Waals surface area (Å²) in [5.74, 6) is -0.895. The zero-order chi connectivity index (χ0) is 16.2. The van der Waals surface area contributed by atoms with Gasteiger partial charge in [-0.05, 0) is 29.3 Å². The Morgan fingerprint density at radius 2 is 1.87 bits per heavy atom. The van der Waals surface area contributed by atoms with Crippen molar-refractivity contribution in [1.82, 2.24) is 5.32 Å². The van der Waals surface area contributed by atoms with Crippen molar-refractivity contribution in [2.75, 3.05) is 6.54 Å². The van der Waals surface area contributed by atoms with E-state index in [9.17, 15) is 14.0 Å². The number of amides is 2. The second kappa shape index (κ2) is 6.48. The molecule has 2 amide bonds. The first kappa shape index (κ1) is 15.0. The molecule has 0 bridgehead atoms. The summed E-state index contributed by atoms with van der Waals surface area (Å²) >= 11 is 0. The molecule has 1 unspecified atom stereocenters. The van der Waals surface area contributed by atoms with E-state index in [1.807, 2.05) is 12.1 Å². The molecule has 5 nitrogen and oxygen atoms in total. The van der Waals surface area contributed by atoms with Gasteiger partial charge in [-0.2, -0.15) is 5.11 Å². The first-order valence-electron chi connectivity index (χ1n) is 7.19. The summed E-state index contributed by atoms with van der Waals surface area (Å²) in [4.78, 5) is 23.6. The molecule has 1 N–H and O–H groups in total. The largest absolute Gasteiger partial charge is 0.353 e. The van der Waals surface area contributed by atoms with E-state index in [1.54, 1.807) is 24.3 Å². The predicted molar refractivity (Wildman–Crippen MR) is 81.5 cm³/mol. The summed E-state index contributed by atoms with van der Waals surface area (Å²) in [6, 6.07) is 12.5. The van der Waals surface area contributed by atoms with Crippen molar-refractivity contribution < 1.29 is 14.0 Å². The topological polar surface area (TPSA) is 70.9 Å². The van der Waals surface area contributed by atoms with E-state index in [2.05, 4.69) is 15.5 Å². The molecule has 0 saturated carbocycles. The molecule has 0 saturated heterocycles. The number of fused-ring (bicyclic) bond motifs is 1. The molecule has 0 spiro atoms. The van der Waals surface area contributed by atoms with Crippen LogP contribution in [0.3, 0.4) is 0 Å². The lowest BCUT2D eigenvalue weighted by Crippen LogP contribution is -2.30. The van der Waals surface area contributed by atoms with E-state index in [1.165, 1.54) is 12.1 Å². The van der Waals surface area contributed by atoms with Crippen LogP contribution in [0, 0.1) is 5.82 Å². The molecule has 0 aliphatic carbocycles. The Balaban J connectivity index is 1.62. The van der Waals surface area contributed by atoms with Gasteiger partial charge < -0.3 is 5.32 Å². The molecule has 0 aromatic heterocycles. The van der Waals surface area contributed by atoms with Crippen molar-refractivity contribution >= 4 is 11.8 Å². The molecule has 6 heteroatoms. The first-order valence-corrected chi connectivity index (χ1v) is 7.19. The van der Waals surface area contributed by atoms with Gasteiger partial charge >= 0.3 is 0 Å². The van der Waals surface area contributed by atoms with Crippen molar-refractivity contribution in [1.29, 1.82) is 0 Å². The highest BCUT2D eigenvalue weighted by atomic mass is 19.1. The maximum Gasteiger partial charge on any atom is 0.295 e. The lowest BCUT2D eigenvalue weighted by atomic mass is 9.99. The Morgan fingerprint density at radius 3 is 2.65 bits per heavy atom. The average Bonchev–Trinajstić information content (AvgIpc) is 2.57. The van der Waals surface area contributed by atoms with Gasteiger partial charge in [0.2, 0.25) is 5.91 Å². The second-order valence-electron chi connectivity index (χ2n) is 5.23. The van der Waals surface area contributed by atoms with Gasteiger partial charge in [0.1, 0.15) is 11.9 Å². The van der Waals surface area contributed by atoms with Crippen LogP contribution >= 0.6 is 0 Å². The van der Waals surface area contributed by atoms with Crippen LogP contribution in [0.5, 0.6) is 0 Å². The Morgan fingerprint density at radius 1 is 1.13 bits per heavy atom. The highest BCUT2D eigenvalue weighted by Gasteiger charge is 2.23. The van der Waals surface area contributed by atoms with Crippen LogP contribution in [0.1, 0.15) is 27.5 Å². The maximum atomic E-state index is 12.8. The first-order chi connectivity index (χ1) is 11.1. The van der Waals surface area contributed by atoms with Gasteiger partial charge in [-0.25, -0.2) is 4.39 Å². The number of carbonyl (C=O) groups excluding carboxylic acids is 2. The number of nitrogens with one attached hydrogen (secondary N) is 1. The third-order valence-electron chi connectivity index (χ3n) is 3.61. The summed E-state index contributed by atoms with van der Waals surface area (Å²) in [7, 11) is 0. The number of hydrogen-bond donors (Lipinski definition) is 1. The summed E-state index contributed by atoms with van der Waals surface area (Å²) < 4.78 is 12.8. The molecule has 1 atom stereocenters. The fourth-order valence-corrected chi connectivity index (χ4v) is 2.43. The van der Waals surface area contributed by atoms with Crippen molar-refractivity contribution in [2.45, 2.75) is 12.5 Å². The van der Waals surface area contributed by atoms with Crippen LogP contribution < -0.4 is 5.32 Å². The molecule has 23 heavy (non-hydrogen) atoms. The minimum Gasteiger partial charge on any atom is -0.353 e. The van der Waals surface area contributed by atoms with Gasteiger partial charge in [0, 0.05) is 12.1 Å². The van der Waals surface area contributed by atoms with Gasteiger partial charge in [-0.3, -0.25) is 9.59 Å². The molecule has 0 radical (unpaired) electrons. The van der Waals surface area contributed by atoms with Crippen molar-refractivity contribution in [3.63, 3.8) is 0 Å².